The molecule has 0 aromatic carbocycles. The van der Waals surface area contributed by atoms with Crippen molar-refractivity contribution in [3.05, 3.63) is 0 Å². The van der Waals surface area contributed by atoms with E-state index >= 15 is 0 Å². The van der Waals surface area contributed by atoms with Gasteiger partial charge in [0.05, 0.1) is 0 Å². The Morgan fingerprint density at radius 1 is 1.25 bits per heavy atom. The monoisotopic (exact) mass is 226 g/mol. The van der Waals surface area contributed by atoms with Crippen LogP contribution >= 0.6 is 0 Å². The summed E-state index contributed by atoms with van der Waals surface area (Å²) >= 11 is 0. The normalized spacial score (nSPS) is 23.6. The predicted molar refractivity (Wildman–Crippen MR) is 71.7 cm³/mol. The van der Waals surface area contributed by atoms with Gasteiger partial charge in [-0.25, -0.2) is 0 Å². The van der Waals surface area contributed by atoms with Crippen LogP contribution < -0.4 is 5.32 Å². The van der Waals surface area contributed by atoms with Gasteiger partial charge in [0, 0.05) is 25.2 Å². The van der Waals surface area contributed by atoms with Gasteiger partial charge in [0.1, 0.15) is 0 Å². The molecule has 1 unspecified atom stereocenters. The molecule has 1 heterocycles. The van der Waals surface area contributed by atoms with Crippen molar-refractivity contribution in [1.29, 1.82) is 0 Å². The second-order valence-corrected chi connectivity index (χ2v) is 6.60. The van der Waals surface area contributed by atoms with Crippen molar-refractivity contribution >= 4 is 0 Å². The van der Waals surface area contributed by atoms with Gasteiger partial charge in [-0.1, -0.05) is 27.7 Å². The third-order valence-electron chi connectivity index (χ3n) is 4.36. The Balaban J connectivity index is 2.30. The SMILES string of the molecule is CC(C)N1CCC(NCC(C)(C)C(C)C)C1. The van der Waals surface area contributed by atoms with Gasteiger partial charge in [-0.2, -0.15) is 0 Å². The van der Waals surface area contributed by atoms with E-state index in [-0.39, 0.29) is 0 Å². The Morgan fingerprint density at radius 3 is 2.31 bits per heavy atom. The molecule has 0 aliphatic carbocycles. The summed E-state index contributed by atoms with van der Waals surface area (Å²) in [6, 6.07) is 1.41. The minimum atomic E-state index is 0.408. The first kappa shape index (κ1) is 14.0. The molecule has 0 aromatic rings. The maximum atomic E-state index is 3.75. The maximum Gasteiger partial charge on any atom is 0.0207 e. The summed E-state index contributed by atoms with van der Waals surface area (Å²) in [6.45, 7) is 17.6. The van der Waals surface area contributed by atoms with Crippen molar-refractivity contribution in [2.75, 3.05) is 19.6 Å². The Bertz CT molecular complexity index is 209. The molecule has 0 saturated carbocycles. The van der Waals surface area contributed by atoms with Gasteiger partial charge in [0.15, 0.2) is 0 Å². The van der Waals surface area contributed by atoms with Crippen LogP contribution in [0.4, 0.5) is 0 Å². The van der Waals surface area contributed by atoms with Gasteiger partial charge in [-0.15, -0.1) is 0 Å². The van der Waals surface area contributed by atoms with E-state index in [1.165, 1.54) is 19.5 Å². The zero-order valence-corrected chi connectivity index (χ0v) is 12.0. The summed E-state index contributed by atoms with van der Waals surface area (Å²) in [7, 11) is 0. The Kier molecular flexibility index (Phi) is 4.81. The van der Waals surface area contributed by atoms with Gasteiger partial charge >= 0.3 is 0 Å². The summed E-state index contributed by atoms with van der Waals surface area (Å²) in [5.41, 5.74) is 0.408. The first-order chi connectivity index (χ1) is 7.33. The van der Waals surface area contributed by atoms with Gasteiger partial charge in [0.25, 0.3) is 0 Å². The molecule has 1 aliphatic heterocycles. The highest BCUT2D eigenvalue weighted by Gasteiger charge is 2.27. The molecule has 1 aliphatic rings. The molecule has 1 rings (SSSR count). The van der Waals surface area contributed by atoms with Crippen LogP contribution in [0.5, 0.6) is 0 Å². The first-order valence-electron chi connectivity index (χ1n) is 6.80. The van der Waals surface area contributed by atoms with Crippen molar-refractivity contribution in [2.24, 2.45) is 11.3 Å². The lowest BCUT2D eigenvalue weighted by Gasteiger charge is -2.31. The average Bonchev–Trinajstić information content (AvgIpc) is 2.63. The van der Waals surface area contributed by atoms with E-state index in [2.05, 4.69) is 51.8 Å². The lowest BCUT2D eigenvalue weighted by Crippen LogP contribution is -2.41. The zero-order chi connectivity index (χ0) is 12.3. The van der Waals surface area contributed by atoms with Crippen LogP contribution in [0, 0.1) is 11.3 Å². The van der Waals surface area contributed by atoms with E-state index in [9.17, 15) is 0 Å². The lowest BCUT2D eigenvalue weighted by atomic mass is 9.81. The first-order valence-corrected chi connectivity index (χ1v) is 6.80. The molecule has 2 nitrogen and oxygen atoms in total. The lowest BCUT2D eigenvalue weighted by molar-refractivity contribution is 0.222. The van der Waals surface area contributed by atoms with Gasteiger partial charge in [0.2, 0.25) is 0 Å². The van der Waals surface area contributed by atoms with Crippen LogP contribution in [0.3, 0.4) is 0 Å². The maximum absolute atomic E-state index is 3.75. The summed E-state index contributed by atoms with van der Waals surface area (Å²) in [5, 5.41) is 3.75. The number of likely N-dealkylation sites (tertiary alicyclic amines) is 1. The average molecular weight is 226 g/mol. The molecule has 0 spiro atoms. The fourth-order valence-corrected chi connectivity index (χ4v) is 2.03. The topological polar surface area (TPSA) is 15.3 Å². The van der Waals surface area contributed by atoms with E-state index in [4.69, 9.17) is 0 Å². The molecule has 0 aromatic heterocycles. The minimum Gasteiger partial charge on any atom is -0.312 e. The highest BCUT2D eigenvalue weighted by molar-refractivity contribution is 4.85. The number of nitrogens with zero attached hydrogens (tertiary/aromatic N) is 1. The Hall–Kier alpha value is -0.0800. The third-order valence-corrected chi connectivity index (χ3v) is 4.36. The number of nitrogens with one attached hydrogen (secondary N) is 1. The van der Waals surface area contributed by atoms with E-state index in [0.29, 0.717) is 17.5 Å². The van der Waals surface area contributed by atoms with Gasteiger partial charge in [-0.05, 0) is 38.1 Å². The van der Waals surface area contributed by atoms with Crippen molar-refractivity contribution < 1.29 is 0 Å². The van der Waals surface area contributed by atoms with E-state index in [0.717, 1.165) is 12.5 Å². The van der Waals surface area contributed by atoms with E-state index < -0.39 is 0 Å². The van der Waals surface area contributed by atoms with E-state index in [1.54, 1.807) is 0 Å². The van der Waals surface area contributed by atoms with Crippen LogP contribution in [-0.2, 0) is 0 Å². The molecule has 96 valence electrons. The van der Waals surface area contributed by atoms with E-state index in [1.807, 2.05) is 0 Å². The number of hydrogen-bond acceptors (Lipinski definition) is 2. The van der Waals surface area contributed by atoms with Crippen LogP contribution in [0.25, 0.3) is 0 Å². The second-order valence-electron chi connectivity index (χ2n) is 6.60. The van der Waals surface area contributed by atoms with Crippen LogP contribution in [0.15, 0.2) is 0 Å². The summed E-state index contributed by atoms with van der Waals surface area (Å²) in [6.07, 6.45) is 1.31. The largest absolute Gasteiger partial charge is 0.312 e. The van der Waals surface area contributed by atoms with Crippen molar-refractivity contribution in [3.8, 4) is 0 Å². The van der Waals surface area contributed by atoms with Crippen LogP contribution in [-0.4, -0.2) is 36.6 Å². The summed E-state index contributed by atoms with van der Waals surface area (Å²) < 4.78 is 0. The molecule has 2 heteroatoms. The Morgan fingerprint density at radius 2 is 1.88 bits per heavy atom. The van der Waals surface area contributed by atoms with Crippen molar-refractivity contribution in [3.63, 3.8) is 0 Å². The molecule has 0 amide bonds. The molecule has 1 fully saturated rings. The molecule has 0 bridgehead atoms. The van der Waals surface area contributed by atoms with Crippen molar-refractivity contribution in [1.82, 2.24) is 10.2 Å². The Labute approximate surface area is 102 Å². The quantitative estimate of drug-likeness (QED) is 0.775. The summed E-state index contributed by atoms with van der Waals surface area (Å²) in [4.78, 5) is 2.57. The third kappa shape index (κ3) is 3.74. The molecule has 1 atom stereocenters. The molecule has 1 saturated heterocycles. The predicted octanol–water partition coefficient (Wildman–Crippen LogP) is 2.74. The molecular weight excluding hydrogens is 196 g/mol. The highest BCUT2D eigenvalue weighted by Crippen LogP contribution is 2.25. The molecular formula is C14H30N2. The molecule has 16 heavy (non-hydrogen) atoms. The van der Waals surface area contributed by atoms with Crippen molar-refractivity contribution in [2.45, 2.75) is 60.0 Å². The second kappa shape index (κ2) is 5.50. The summed E-state index contributed by atoms with van der Waals surface area (Å²) in [5.74, 6) is 0.739. The zero-order valence-electron chi connectivity index (χ0n) is 12.0. The van der Waals surface area contributed by atoms with Gasteiger partial charge in [-0.3, -0.25) is 4.90 Å². The standard InChI is InChI=1S/C14H30N2/c1-11(2)14(5,6)10-15-13-7-8-16(9-13)12(3)4/h11-13,15H,7-10H2,1-6H3. The molecule has 0 radical (unpaired) electrons. The smallest absolute Gasteiger partial charge is 0.0207 e. The number of rotatable bonds is 5. The fraction of sp³-hybridized carbons (Fsp3) is 1.00. The fourth-order valence-electron chi connectivity index (χ4n) is 2.03. The molecule has 1 N–H and O–H groups in total. The highest BCUT2D eigenvalue weighted by atomic mass is 15.2. The van der Waals surface area contributed by atoms with Crippen LogP contribution in [0.2, 0.25) is 0 Å². The van der Waals surface area contributed by atoms with Crippen LogP contribution in [0.1, 0.15) is 48.0 Å². The minimum absolute atomic E-state index is 0.408. The number of hydrogen-bond donors (Lipinski definition) is 1. The van der Waals surface area contributed by atoms with Gasteiger partial charge < -0.3 is 5.32 Å².